The van der Waals surface area contributed by atoms with Gasteiger partial charge in [0.2, 0.25) is 0 Å². The lowest BCUT2D eigenvalue weighted by atomic mass is 10.1. The van der Waals surface area contributed by atoms with Crippen molar-refractivity contribution in [2.75, 3.05) is 16.8 Å². The molecule has 7 heteroatoms. The van der Waals surface area contributed by atoms with E-state index < -0.39 is 5.91 Å². The SMILES string of the molecule is CCOc1ccc(N2C(=O)C(Nc3cc(C)ccc3C)=C(Sc3ccc(Cl)cc3)C2=O)cc1. The lowest BCUT2D eigenvalue weighted by molar-refractivity contribution is -0.120. The molecule has 1 N–H and O–H groups in total. The summed E-state index contributed by atoms with van der Waals surface area (Å²) >= 11 is 7.25. The monoisotopic (exact) mass is 478 g/mol. The molecule has 0 saturated carbocycles. The lowest BCUT2D eigenvalue weighted by Gasteiger charge is -2.16. The normalized spacial score (nSPS) is 13.6. The van der Waals surface area contributed by atoms with Gasteiger partial charge in [0.05, 0.1) is 12.3 Å². The molecular formula is C26H23ClN2O3S. The van der Waals surface area contributed by atoms with E-state index in [9.17, 15) is 9.59 Å². The Morgan fingerprint density at radius 1 is 0.939 bits per heavy atom. The maximum absolute atomic E-state index is 13.5. The Balaban J connectivity index is 1.73. The third-order valence-electron chi connectivity index (χ3n) is 5.13. The molecule has 0 fully saturated rings. The van der Waals surface area contributed by atoms with Crippen molar-refractivity contribution >= 4 is 46.6 Å². The second kappa shape index (κ2) is 9.73. The van der Waals surface area contributed by atoms with Crippen LogP contribution in [0.5, 0.6) is 5.75 Å². The molecule has 0 atom stereocenters. The maximum Gasteiger partial charge on any atom is 0.283 e. The summed E-state index contributed by atoms with van der Waals surface area (Å²) in [5.41, 5.74) is 3.55. The van der Waals surface area contributed by atoms with Crippen LogP contribution in [-0.2, 0) is 9.59 Å². The van der Waals surface area contributed by atoms with Gasteiger partial charge in [-0.05, 0) is 86.5 Å². The third kappa shape index (κ3) is 4.92. The molecule has 0 saturated heterocycles. The van der Waals surface area contributed by atoms with Crippen LogP contribution in [0, 0.1) is 13.8 Å². The number of rotatable bonds is 7. The number of carbonyl (C=O) groups is 2. The first kappa shape index (κ1) is 23.0. The number of imide groups is 1. The smallest absolute Gasteiger partial charge is 0.283 e. The minimum Gasteiger partial charge on any atom is -0.494 e. The number of hydrogen-bond acceptors (Lipinski definition) is 5. The molecule has 5 nitrogen and oxygen atoms in total. The first-order valence-corrected chi connectivity index (χ1v) is 11.7. The van der Waals surface area contributed by atoms with Crippen molar-refractivity contribution in [2.45, 2.75) is 25.7 Å². The van der Waals surface area contributed by atoms with Gasteiger partial charge in [0, 0.05) is 15.6 Å². The van der Waals surface area contributed by atoms with E-state index in [4.69, 9.17) is 16.3 Å². The van der Waals surface area contributed by atoms with Crippen molar-refractivity contribution in [1.29, 1.82) is 0 Å². The zero-order chi connectivity index (χ0) is 23.5. The number of ether oxygens (including phenoxy) is 1. The Hall–Kier alpha value is -3.22. The molecule has 1 heterocycles. The van der Waals surface area contributed by atoms with E-state index in [1.54, 1.807) is 36.4 Å². The van der Waals surface area contributed by atoms with Crippen LogP contribution < -0.4 is 15.0 Å². The average Bonchev–Trinajstić information content (AvgIpc) is 3.02. The topological polar surface area (TPSA) is 58.6 Å². The minimum absolute atomic E-state index is 0.252. The number of nitrogens with zero attached hydrogens (tertiary/aromatic N) is 1. The van der Waals surface area contributed by atoms with E-state index >= 15 is 0 Å². The number of carbonyl (C=O) groups excluding carboxylic acids is 2. The summed E-state index contributed by atoms with van der Waals surface area (Å²) in [6.07, 6.45) is 0. The highest BCUT2D eigenvalue weighted by molar-refractivity contribution is 8.04. The quantitative estimate of drug-likeness (QED) is 0.401. The molecule has 1 aliphatic rings. The number of amides is 2. The Labute approximate surface area is 202 Å². The highest BCUT2D eigenvalue weighted by Crippen LogP contribution is 2.38. The number of anilines is 2. The molecule has 2 amide bonds. The molecule has 1 aliphatic heterocycles. The summed E-state index contributed by atoms with van der Waals surface area (Å²) in [7, 11) is 0. The fraction of sp³-hybridized carbons (Fsp3) is 0.154. The number of aryl methyl sites for hydroxylation is 2. The van der Waals surface area contributed by atoms with Crippen LogP contribution in [0.25, 0.3) is 0 Å². The van der Waals surface area contributed by atoms with Gasteiger partial charge < -0.3 is 10.1 Å². The van der Waals surface area contributed by atoms with Gasteiger partial charge in [0.1, 0.15) is 16.4 Å². The summed E-state index contributed by atoms with van der Waals surface area (Å²) in [6, 6.07) is 20.1. The van der Waals surface area contributed by atoms with Gasteiger partial charge in [0.25, 0.3) is 11.8 Å². The molecule has 0 radical (unpaired) electrons. The fourth-order valence-electron chi connectivity index (χ4n) is 3.43. The number of halogens is 1. The Morgan fingerprint density at radius 3 is 2.30 bits per heavy atom. The summed E-state index contributed by atoms with van der Waals surface area (Å²) in [6.45, 7) is 6.38. The van der Waals surface area contributed by atoms with Crippen LogP contribution in [0.1, 0.15) is 18.1 Å². The van der Waals surface area contributed by atoms with Crippen molar-refractivity contribution in [3.05, 3.63) is 93.5 Å². The molecule has 3 aromatic rings. The lowest BCUT2D eigenvalue weighted by Crippen LogP contribution is -2.32. The molecule has 0 spiro atoms. The number of thioether (sulfide) groups is 1. The first-order valence-electron chi connectivity index (χ1n) is 10.5. The van der Waals surface area contributed by atoms with Gasteiger partial charge in [-0.1, -0.05) is 35.5 Å². The summed E-state index contributed by atoms with van der Waals surface area (Å²) < 4.78 is 5.49. The Bertz CT molecular complexity index is 1240. The van der Waals surface area contributed by atoms with E-state index in [1.807, 2.05) is 51.1 Å². The van der Waals surface area contributed by atoms with Crippen LogP contribution in [0.15, 0.2) is 82.2 Å². The van der Waals surface area contributed by atoms with Crippen LogP contribution in [0.4, 0.5) is 11.4 Å². The molecule has 4 rings (SSSR count). The molecule has 0 bridgehead atoms. The van der Waals surface area contributed by atoms with E-state index in [0.29, 0.717) is 28.0 Å². The highest BCUT2D eigenvalue weighted by Gasteiger charge is 2.40. The van der Waals surface area contributed by atoms with Crippen LogP contribution in [0.3, 0.4) is 0 Å². The predicted molar refractivity (Wildman–Crippen MR) is 134 cm³/mol. The number of hydrogen-bond donors (Lipinski definition) is 1. The molecule has 168 valence electrons. The van der Waals surface area contributed by atoms with Gasteiger partial charge in [-0.25, -0.2) is 4.90 Å². The van der Waals surface area contributed by atoms with Crippen LogP contribution >= 0.6 is 23.4 Å². The molecule has 3 aromatic carbocycles. The van der Waals surface area contributed by atoms with E-state index in [0.717, 1.165) is 21.7 Å². The summed E-state index contributed by atoms with van der Waals surface area (Å²) in [4.78, 5) is 29.3. The van der Waals surface area contributed by atoms with E-state index in [-0.39, 0.29) is 11.6 Å². The standard InChI is InChI=1S/C26H23ClN2O3S/c1-4-32-20-11-9-19(10-12-20)29-25(30)23(28-22-15-16(2)5-6-17(22)3)24(26(29)31)33-21-13-7-18(27)8-14-21/h5-15,28H,4H2,1-3H3. The van der Waals surface area contributed by atoms with Gasteiger partial charge >= 0.3 is 0 Å². The second-order valence-corrected chi connectivity index (χ2v) is 9.10. The van der Waals surface area contributed by atoms with E-state index in [1.165, 1.54) is 16.7 Å². The molecule has 0 aliphatic carbocycles. The molecule has 33 heavy (non-hydrogen) atoms. The largest absolute Gasteiger partial charge is 0.494 e. The number of nitrogens with one attached hydrogen (secondary N) is 1. The average molecular weight is 479 g/mol. The van der Waals surface area contributed by atoms with Crippen molar-refractivity contribution in [1.82, 2.24) is 0 Å². The Kier molecular flexibility index (Phi) is 6.77. The van der Waals surface area contributed by atoms with Crippen LogP contribution in [-0.4, -0.2) is 18.4 Å². The zero-order valence-electron chi connectivity index (χ0n) is 18.5. The number of benzene rings is 3. The van der Waals surface area contributed by atoms with Gasteiger partial charge in [0.15, 0.2) is 0 Å². The maximum atomic E-state index is 13.5. The van der Waals surface area contributed by atoms with Crippen molar-refractivity contribution in [3.8, 4) is 5.75 Å². The Morgan fingerprint density at radius 2 is 1.64 bits per heavy atom. The van der Waals surface area contributed by atoms with Gasteiger partial charge in [-0.3, -0.25) is 9.59 Å². The predicted octanol–water partition coefficient (Wildman–Crippen LogP) is 6.34. The summed E-state index contributed by atoms with van der Waals surface area (Å²) in [5.74, 6) is -0.101. The van der Waals surface area contributed by atoms with Crippen molar-refractivity contribution in [2.24, 2.45) is 0 Å². The van der Waals surface area contributed by atoms with Crippen LogP contribution in [0.2, 0.25) is 5.02 Å². The fourth-order valence-corrected chi connectivity index (χ4v) is 4.49. The zero-order valence-corrected chi connectivity index (χ0v) is 20.1. The third-order valence-corrected chi connectivity index (χ3v) is 6.48. The molecular weight excluding hydrogens is 456 g/mol. The van der Waals surface area contributed by atoms with Gasteiger partial charge in [-0.15, -0.1) is 0 Å². The highest BCUT2D eigenvalue weighted by atomic mass is 35.5. The molecule has 0 aromatic heterocycles. The van der Waals surface area contributed by atoms with Gasteiger partial charge in [-0.2, -0.15) is 0 Å². The van der Waals surface area contributed by atoms with Crippen molar-refractivity contribution < 1.29 is 14.3 Å². The minimum atomic E-state index is -0.401. The van der Waals surface area contributed by atoms with E-state index in [2.05, 4.69) is 5.32 Å². The summed E-state index contributed by atoms with van der Waals surface area (Å²) in [5, 5.41) is 3.84. The second-order valence-electron chi connectivity index (χ2n) is 7.58. The first-order chi connectivity index (χ1) is 15.9. The van der Waals surface area contributed by atoms with Crippen molar-refractivity contribution in [3.63, 3.8) is 0 Å². The molecule has 0 unspecified atom stereocenters.